The van der Waals surface area contributed by atoms with Gasteiger partial charge in [0.1, 0.15) is 0 Å². The fourth-order valence-corrected chi connectivity index (χ4v) is 14.2. The lowest BCUT2D eigenvalue weighted by Crippen LogP contribution is -2.10. The number of hydrogen-bond acceptors (Lipinski definition) is 4. The molecule has 0 aromatic heterocycles. The Balaban J connectivity index is 0.722. The molecule has 4 heteroatoms. The second-order valence-electron chi connectivity index (χ2n) is 28.1. The Morgan fingerprint density at radius 2 is 0.269 bits per heavy atom. The Kier molecular flexibility index (Phi) is 21.4. The minimum Gasteiger partial charge on any atom is -0.311 e. The van der Waals surface area contributed by atoms with E-state index in [1.54, 1.807) is 0 Å². The molecule has 104 heavy (non-hydrogen) atoms. The molecule has 14 aromatic carbocycles. The third kappa shape index (κ3) is 15.4. The molecule has 14 aromatic rings. The predicted octanol–water partition coefficient (Wildman–Crippen LogP) is 30.0. The van der Waals surface area contributed by atoms with E-state index in [0.29, 0.717) is 23.7 Å². The molecule has 0 N–H and O–H groups in total. The molecule has 0 aliphatic carbocycles. The molecule has 0 heterocycles. The lowest BCUT2D eigenvalue weighted by Gasteiger charge is -2.27. The molecule has 0 fully saturated rings. The highest BCUT2D eigenvalue weighted by Gasteiger charge is 2.21. The van der Waals surface area contributed by atoms with Crippen LogP contribution in [0.2, 0.25) is 0 Å². The average Bonchev–Trinajstić information content (AvgIpc) is 0.805. The van der Waals surface area contributed by atoms with Crippen LogP contribution in [0, 0.1) is 0 Å². The van der Waals surface area contributed by atoms with Crippen molar-refractivity contribution in [2.75, 3.05) is 19.6 Å². The Morgan fingerprint density at radius 3 is 0.394 bits per heavy atom. The Bertz CT molecular complexity index is 4690. The summed E-state index contributed by atoms with van der Waals surface area (Å²) in [6.45, 7) is 18.3. The highest BCUT2D eigenvalue weighted by Crippen LogP contribution is 2.44. The smallest absolute Gasteiger partial charge is 0.0462 e. The predicted molar refractivity (Wildman–Crippen MR) is 447 cm³/mol. The molecule has 0 saturated carbocycles. The normalized spacial score (nSPS) is 12.4. The van der Waals surface area contributed by atoms with Crippen molar-refractivity contribution in [1.29, 1.82) is 0 Å². The SMILES string of the molecule is CCC(C)c1ccc(N(c2ccc(-c3ccccc3)cc2)c2ccc(-c3ccc(N(c4ccc(-c5ccc(N(c6ccc(-c7ccc(N(c8ccc(-c9ccccc9)cc8)c8ccc(C(C)CC)cc8)cc7)cc6)c6ccc(C(C)CC)cc6)cc5)cc4)c4ccc(C(C)CC)cc4)cc3)cc2)cc1. The molecule has 14 rings (SSSR count). The van der Waals surface area contributed by atoms with Crippen LogP contribution in [0.1, 0.15) is 127 Å². The average molecular weight is 1350 g/mol. The fraction of sp³-hybridized carbons (Fsp3) is 0.160. The molecule has 0 bridgehead atoms. The van der Waals surface area contributed by atoms with Crippen molar-refractivity contribution >= 4 is 68.2 Å². The van der Waals surface area contributed by atoms with Crippen molar-refractivity contribution < 1.29 is 0 Å². The molecule has 4 atom stereocenters. The first-order valence-electron chi connectivity index (χ1n) is 37.5. The molecule has 0 aliphatic heterocycles. The van der Waals surface area contributed by atoms with Crippen molar-refractivity contribution in [1.82, 2.24) is 0 Å². The third-order valence-electron chi connectivity index (χ3n) is 21.5. The largest absolute Gasteiger partial charge is 0.311 e. The van der Waals surface area contributed by atoms with Gasteiger partial charge >= 0.3 is 0 Å². The standard InChI is InChI=1S/C100H94N4/c1-9-71(5)75-23-47-89(48-24-75)101(93-55-31-81(32-56-93)79-19-15-13-16-20-79)95-59-35-83(36-60-95)85-39-63-97(64-40-85)103(91-51-27-77(28-52-91)73(7)11-3)99-67-43-87(44-68-99)88-45-69-100(70-46-88)104(92-53-29-78(30-54-92)74(8)12-4)98-65-41-86(42-66-98)84-37-61-96(62-38-84)102(90-49-25-76(26-50-90)72(6)10-2)94-57-33-82(34-58-94)80-21-17-14-18-22-80/h13-74H,9-12H2,1-8H3. The van der Waals surface area contributed by atoms with Crippen LogP contribution in [0.15, 0.2) is 352 Å². The van der Waals surface area contributed by atoms with Gasteiger partial charge in [-0.3, -0.25) is 0 Å². The van der Waals surface area contributed by atoms with Gasteiger partial charge in [-0.05, 0) is 273 Å². The van der Waals surface area contributed by atoms with Gasteiger partial charge in [0.05, 0.1) is 0 Å². The van der Waals surface area contributed by atoms with Crippen LogP contribution < -0.4 is 19.6 Å². The van der Waals surface area contributed by atoms with Crippen LogP contribution in [0.4, 0.5) is 68.2 Å². The van der Waals surface area contributed by atoms with Crippen LogP contribution in [0.25, 0.3) is 55.6 Å². The quantitative estimate of drug-likeness (QED) is 0.0565. The zero-order valence-corrected chi connectivity index (χ0v) is 61.4. The van der Waals surface area contributed by atoms with Crippen molar-refractivity contribution in [3.8, 4) is 55.6 Å². The second kappa shape index (κ2) is 32.1. The summed E-state index contributed by atoms with van der Waals surface area (Å²) in [5.74, 6) is 1.97. The van der Waals surface area contributed by atoms with Gasteiger partial charge in [0.25, 0.3) is 0 Å². The zero-order valence-electron chi connectivity index (χ0n) is 61.4. The summed E-state index contributed by atoms with van der Waals surface area (Å²) in [6, 6.07) is 130. The molecule has 514 valence electrons. The van der Waals surface area contributed by atoms with Gasteiger partial charge in [-0.25, -0.2) is 0 Å². The summed E-state index contributed by atoms with van der Waals surface area (Å²) < 4.78 is 0. The Morgan fingerprint density at radius 1 is 0.154 bits per heavy atom. The van der Waals surface area contributed by atoms with E-state index in [9.17, 15) is 0 Å². The molecule has 0 aliphatic rings. The maximum absolute atomic E-state index is 2.38. The van der Waals surface area contributed by atoms with E-state index < -0.39 is 0 Å². The summed E-state index contributed by atoms with van der Waals surface area (Å²) in [5, 5.41) is 0. The fourth-order valence-electron chi connectivity index (χ4n) is 14.2. The lowest BCUT2D eigenvalue weighted by molar-refractivity contribution is 0.733. The van der Waals surface area contributed by atoms with Crippen LogP contribution in [-0.2, 0) is 0 Å². The minimum absolute atomic E-state index is 0.479. The number of rotatable bonds is 25. The summed E-state index contributed by atoms with van der Waals surface area (Å²) in [5.41, 5.74) is 30.5. The first-order valence-corrected chi connectivity index (χ1v) is 37.5. The number of benzene rings is 14. The van der Waals surface area contributed by atoms with E-state index in [2.05, 4.69) is 427 Å². The summed E-state index contributed by atoms with van der Waals surface area (Å²) in [6.07, 6.45) is 4.40. The zero-order chi connectivity index (χ0) is 71.5. The summed E-state index contributed by atoms with van der Waals surface area (Å²) in [4.78, 5) is 9.50. The molecular weight excluding hydrogens is 1260 g/mol. The molecule has 4 unspecified atom stereocenters. The molecule has 0 amide bonds. The van der Waals surface area contributed by atoms with Gasteiger partial charge in [-0.2, -0.15) is 0 Å². The monoisotopic (exact) mass is 1350 g/mol. The van der Waals surface area contributed by atoms with Crippen LogP contribution in [0.5, 0.6) is 0 Å². The number of hydrogen-bond donors (Lipinski definition) is 0. The van der Waals surface area contributed by atoms with E-state index in [1.807, 2.05) is 0 Å². The molecule has 0 radical (unpaired) electrons. The van der Waals surface area contributed by atoms with Crippen molar-refractivity contribution in [3.05, 3.63) is 374 Å². The maximum atomic E-state index is 2.38. The van der Waals surface area contributed by atoms with Crippen molar-refractivity contribution in [2.45, 2.75) is 105 Å². The highest BCUT2D eigenvalue weighted by atomic mass is 15.2. The Hall–Kier alpha value is -11.7. The van der Waals surface area contributed by atoms with E-state index in [4.69, 9.17) is 0 Å². The van der Waals surface area contributed by atoms with E-state index in [-0.39, 0.29) is 0 Å². The second-order valence-corrected chi connectivity index (χ2v) is 28.1. The van der Waals surface area contributed by atoms with Gasteiger partial charge in [-0.1, -0.05) is 262 Å². The van der Waals surface area contributed by atoms with Crippen molar-refractivity contribution in [3.63, 3.8) is 0 Å². The van der Waals surface area contributed by atoms with Crippen LogP contribution in [-0.4, -0.2) is 0 Å². The minimum atomic E-state index is 0.479. The lowest BCUT2D eigenvalue weighted by atomic mass is 9.98. The third-order valence-corrected chi connectivity index (χ3v) is 21.5. The van der Waals surface area contributed by atoms with E-state index in [0.717, 1.165) is 127 Å². The Labute approximate surface area is 618 Å². The number of nitrogens with zero attached hydrogens (tertiary/aromatic N) is 4. The van der Waals surface area contributed by atoms with E-state index in [1.165, 1.54) is 44.5 Å². The van der Waals surface area contributed by atoms with Gasteiger partial charge in [0, 0.05) is 68.2 Å². The number of anilines is 12. The van der Waals surface area contributed by atoms with Gasteiger partial charge < -0.3 is 19.6 Å². The van der Waals surface area contributed by atoms with E-state index >= 15 is 0 Å². The van der Waals surface area contributed by atoms with Crippen molar-refractivity contribution in [2.24, 2.45) is 0 Å². The van der Waals surface area contributed by atoms with Crippen LogP contribution in [0.3, 0.4) is 0 Å². The molecule has 0 spiro atoms. The first-order chi connectivity index (χ1) is 51.0. The molecule has 4 nitrogen and oxygen atoms in total. The van der Waals surface area contributed by atoms with Gasteiger partial charge in [-0.15, -0.1) is 0 Å². The van der Waals surface area contributed by atoms with Gasteiger partial charge in [0.15, 0.2) is 0 Å². The summed E-state index contributed by atoms with van der Waals surface area (Å²) >= 11 is 0. The summed E-state index contributed by atoms with van der Waals surface area (Å²) in [7, 11) is 0. The molecular formula is C100H94N4. The highest BCUT2D eigenvalue weighted by molar-refractivity contribution is 5.86. The first kappa shape index (κ1) is 69.4. The van der Waals surface area contributed by atoms with Gasteiger partial charge in [0.2, 0.25) is 0 Å². The molecule has 0 saturated heterocycles. The topological polar surface area (TPSA) is 13.0 Å². The maximum Gasteiger partial charge on any atom is 0.0462 e. The van der Waals surface area contributed by atoms with Crippen LogP contribution >= 0.6 is 0 Å².